The number of aliphatic hydroxyl groups is 2. The van der Waals surface area contributed by atoms with Gasteiger partial charge in [-0.15, -0.1) is 0 Å². The first-order valence-corrected chi connectivity index (χ1v) is 30.0. The molecular weight excluding hydrogens is 1120 g/mol. The van der Waals surface area contributed by atoms with Crippen LogP contribution in [0.3, 0.4) is 0 Å². The molecule has 0 saturated heterocycles. The molecule has 0 aliphatic heterocycles. The molecule has 0 spiro atoms. The molecule has 0 radical (unpaired) electrons. The van der Waals surface area contributed by atoms with Crippen LogP contribution in [-0.2, 0) is 33.6 Å². The summed E-state index contributed by atoms with van der Waals surface area (Å²) in [4.78, 5) is 32.8. The van der Waals surface area contributed by atoms with Crippen LogP contribution in [0.2, 0.25) is 10.0 Å². The smallest absolute Gasteiger partial charge is 0.550 e. The van der Waals surface area contributed by atoms with E-state index in [4.69, 9.17) is 58.4 Å². The van der Waals surface area contributed by atoms with Gasteiger partial charge in [-0.2, -0.15) is 25.3 Å². The van der Waals surface area contributed by atoms with Crippen LogP contribution in [0.5, 0.6) is 0 Å². The predicted octanol–water partition coefficient (Wildman–Crippen LogP) is 12.8. The monoisotopic (exact) mass is 1190 g/mol. The van der Waals surface area contributed by atoms with Crippen molar-refractivity contribution in [3.63, 3.8) is 0 Å². The number of thiol groups is 2. The van der Waals surface area contributed by atoms with Crippen LogP contribution < -0.4 is 34.7 Å². The summed E-state index contributed by atoms with van der Waals surface area (Å²) < 4.78 is 0. The van der Waals surface area contributed by atoms with Gasteiger partial charge in [-0.25, -0.2) is 9.97 Å². The minimum absolute atomic E-state index is 0. The summed E-state index contributed by atoms with van der Waals surface area (Å²) in [7, 11) is 0. The van der Waals surface area contributed by atoms with E-state index >= 15 is 0 Å². The third kappa shape index (κ3) is 16.6. The molecule has 3 N–H and O–H groups in total. The molecule has 6 aromatic carbocycles. The van der Waals surface area contributed by atoms with Gasteiger partial charge in [-0.05, 0) is 201 Å². The van der Waals surface area contributed by atoms with E-state index in [1.807, 2.05) is 135 Å². The first-order chi connectivity index (χ1) is 39.1. The summed E-state index contributed by atoms with van der Waals surface area (Å²) in [5.74, 6) is -1.73. The number of aryl methyl sites for hydroxylation is 2. The zero-order chi connectivity index (χ0) is 58.4. The van der Waals surface area contributed by atoms with Crippen molar-refractivity contribution in [3.8, 4) is 0 Å². The van der Waals surface area contributed by atoms with Crippen LogP contribution in [0.15, 0.2) is 158 Å². The Morgan fingerprint density at radius 2 is 0.964 bits per heavy atom. The van der Waals surface area contributed by atoms with E-state index in [0.717, 1.165) is 129 Å². The molecule has 83 heavy (non-hydrogen) atoms. The number of aromatic nitrogens is 2. The van der Waals surface area contributed by atoms with Gasteiger partial charge in [0.2, 0.25) is 0 Å². The summed E-state index contributed by atoms with van der Waals surface area (Å²) in [6.07, 6.45) is 14.7. The fourth-order valence-corrected chi connectivity index (χ4v) is 13.4. The Kier molecular flexibility index (Phi) is 21.1. The molecule has 2 aliphatic rings. The van der Waals surface area contributed by atoms with Gasteiger partial charge in [0.05, 0.1) is 40.0 Å². The van der Waals surface area contributed by atoms with E-state index in [-0.39, 0.29) is 75.6 Å². The third-order valence-corrected chi connectivity index (χ3v) is 18.8. The molecule has 2 aliphatic carbocycles. The first kappa shape index (κ1) is 63.8. The van der Waals surface area contributed by atoms with Crippen LogP contribution in [0.25, 0.3) is 46.1 Å². The Hall–Kier alpha value is -5.24. The van der Waals surface area contributed by atoms with Crippen molar-refractivity contribution in [1.82, 2.24) is 9.97 Å². The van der Waals surface area contributed by atoms with E-state index < -0.39 is 23.1 Å². The topological polar surface area (TPSA) is 144 Å². The number of aliphatic carboxylic acids is 2. The van der Waals surface area contributed by atoms with Crippen LogP contribution in [0.4, 0.5) is 0 Å². The molecule has 8 aromatic rings. The Morgan fingerprint density at radius 3 is 1.35 bits per heavy atom. The number of carbonyl (C=O) groups is 2. The van der Waals surface area contributed by atoms with Crippen LogP contribution in [0, 0.1) is 10.8 Å². The number of pyridine rings is 2. The molecule has 424 valence electrons. The number of nitrogens with zero attached hydrogens (tertiary/aromatic N) is 2. The maximum Gasteiger partial charge on any atom is 1.00 e. The number of carbonyl (C=O) groups excluding carboxylic acids is 1. The summed E-state index contributed by atoms with van der Waals surface area (Å²) >= 11 is 22.5. The average molecular weight is 1190 g/mol. The average Bonchev–Trinajstić information content (AvgIpc) is 4.55. The van der Waals surface area contributed by atoms with Gasteiger partial charge in [-0.3, -0.25) is 4.79 Å². The van der Waals surface area contributed by atoms with E-state index in [0.29, 0.717) is 10.0 Å². The van der Waals surface area contributed by atoms with Gasteiger partial charge in [-0.1, -0.05) is 157 Å². The molecule has 0 amide bonds. The maximum atomic E-state index is 11.7. The van der Waals surface area contributed by atoms with E-state index in [1.165, 1.54) is 0 Å². The first-order valence-electron chi connectivity index (χ1n) is 28.2. The van der Waals surface area contributed by atoms with E-state index in [1.54, 1.807) is 13.8 Å². The Morgan fingerprint density at radius 1 is 0.566 bits per heavy atom. The number of carboxylic acids is 2. The summed E-state index contributed by atoms with van der Waals surface area (Å²) in [6.45, 7) is 7.23. The van der Waals surface area contributed by atoms with Crippen molar-refractivity contribution in [2.24, 2.45) is 10.8 Å². The van der Waals surface area contributed by atoms with Crippen molar-refractivity contribution in [2.75, 3.05) is 0 Å². The van der Waals surface area contributed by atoms with Gasteiger partial charge in [0.25, 0.3) is 0 Å². The summed E-state index contributed by atoms with van der Waals surface area (Å²) in [6, 6.07) is 52.2. The zero-order valence-electron chi connectivity index (χ0n) is 47.8. The molecule has 2 fully saturated rings. The largest absolute Gasteiger partial charge is 1.00 e. The van der Waals surface area contributed by atoms with Crippen molar-refractivity contribution >= 4 is 107 Å². The molecule has 2 unspecified atom stereocenters. The quantitative estimate of drug-likeness (QED) is 0.0333. The zero-order valence-corrected chi connectivity index (χ0v) is 53.1. The fourth-order valence-electron chi connectivity index (χ4n) is 11.8. The second kappa shape index (κ2) is 27.4. The second-order valence-corrected chi connectivity index (χ2v) is 25.6. The standard InChI is InChI=1S/2C35H36ClNO3S.Na/c2*1-34(2,40)30-9-4-3-7-24(30)13-17-29(33(41)35(18-19-35)22-32(38)39)26-8-5-6-23(20-26)10-15-28-16-12-25-11-14-27(36)21-31(25)37-28;/h2*3-12,14-16,20-21,29,33,40-41H,13,17-19,22H2,1-2H3,(H,38,39);/q;;+1/p-1/b2*15-10+;/t2*29-,33?;/m11./s1. The molecule has 2 saturated carbocycles. The SMILES string of the molecule is CC(C)(O)c1ccccc1CC[C@H](c1cccc(/C=C/c2ccc3ccc(Cl)cc3n2)c1)C(S)C1(CC(=O)O)CC1.CC(C)(O)c1ccccc1CC[C@H](c1cccc(/C=C/c2ccc3ccc(Cl)cc3n2)c1)C(S)C1(CC(=O)[O-])CC1.[Na+]. The minimum atomic E-state index is -1.02. The second-order valence-electron chi connectivity index (χ2n) is 23.6. The molecule has 4 atom stereocenters. The van der Waals surface area contributed by atoms with Crippen molar-refractivity contribution in [1.29, 1.82) is 0 Å². The van der Waals surface area contributed by atoms with Crippen LogP contribution in [0.1, 0.15) is 147 Å². The minimum Gasteiger partial charge on any atom is -0.550 e. The van der Waals surface area contributed by atoms with Crippen molar-refractivity contribution in [2.45, 2.75) is 125 Å². The summed E-state index contributed by atoms with van der Waals surface area (Å²) in [5, 5.41) is 45.9. The molecule has 0 bridgehead atoms. The molecule has 2 heterocycles. The summed E-state index contributed by atoms with van der Waals surface area (Å²) in [5.41, 5.74) is 9.19. The van der Waals surface area contributed by atoms with E-state index in [2.05, 4.69) is 60.7 Å². The van der Waals surface area contributed by atoms with Gasteiger partial charge < -0.3 is 25.2 Å². The number of carboxylic acid groups (broad SMARTS) is 2. The fraction of sp³-hybridized carbons (Fsp3) is 0.314. The predicted molar refractivity (Wildman–Crippen MR) is 341 cm³/mol. The third-order valence-electron chi connectivity index (χ3n) is 16.5. The van der Waals surface area contributed by atoms with Crippen molar-refractivity contribution < 1.29 is 59.6 Å². The van der Waals surface area contributed by atoms with Gasteiger partial charge in [0.1, 0.15) is 0 Å². The van der Waals surface area contributed by atoms with Crippen LogP contribution >= 0.6 is 48.5 Å². The molecule has 13 heteroatoms. The number of hydrogen-bond donors (Lipinski definition) is 5. The Balaban J connectivity index is 0.000000214. The molecular formula is C70H71Cl2N2NaO6S2. The van der Waals surface area contributed by atoms with Crippen molar-refractivity contribution in [3.05, 3.63) is 224 Å². The normalized spacial score (nSPS) is 15.9. The maximum absolute atomic E-state index is 11.7. The Bertz CT molecular complexity index is 3420. The van der Waals surface area contributed by atoms with Gasteiger partial charge in [0, 0.05) is 37.3 Å². The number of rotatable bonds is 22. The number of fused-ring (bicyclic) bond motifs is 2. The van der Waals surface area contributed by atoms with Gasteiger partial charge >= 0.3 is 35.5 Å². The number of benzene rings is 6. The molecule has 2 aromatic heterocycles. The number of hydrogen-bond acceptors (Lipinski definition) is 9. The molecule has 8 nitrogen and oxygen atoms in total. The van der Waals surface area contributed by atoms with Gasteiger partial charge in [0.15, 0.2) is 0 Å². The van der Waals surface area contributed by atoms with E-state index in [9.17, 15) is 30.0 Å². The molecule has 10 rings (SSSR count). The number of halogens is 2. The Labute approximate surface area is 531 Å². The van der Waals surface area contributed by atoms with Crippen LogP contribution in [-0.4, -0.2) is 47.7 Å².